The fourth-order valence-electron chi connectivity index (χ4n) is 1.04. The molecule has 1 aromatic heterocycles. The highest BCUT2D eigenvalue weighted by atomic mass is 32.2. The third-order valence-electron chi connectivity index (χ3n) is 1.89. The van der Waals surface area contributed by atoms with Gasteiger partial charge in [-0.1, -0.05) is 5.16 Å². The maximum atomic E-state index is 10.3. The molecule has 0 aliphatic carbocycles. The van der Waals surface area contributed by atoms with Crippen LogP contribution < -0.4 is 0 Å². The summed E-state index contributed by atoms with van der Waals surface area (Å²) in [5.41, 5.74) is 1.98. The fourth-order valence-corrected chi connectivity index (χ4v) is 2.12. The number of nitrogens with zero attached hydrogens (tertiary/aromatic N) is 1. The van der Waals surface area contributed by atoms with Gasteiger partial charge in [0.05, 0.1) is 12.1 Å². The standard InChI is InChI=1S/C9H13NO3S/c1-6-8(7(2)13-10-6)5-14-4-3-9(11)12/h3-5H2,1-2H3,(H,11,12). The summed E-state index contributed by atoms with van der Waals surface area (Å²) < 4.78 is 4.99. The van der Waals surface area contributed by atoms with Gasteiger partial charge in [0.1, 0.15) is 5.76 Å². The number of thioether (sulfide) groups is 1. The lowest BCUT2D eigenvalue weighted by Crippen LogP contribution is -1.96. The predicted octanol–water partition coefficient (Wildman–Crippen LogP) is 2.00. The Labute approximate surface area is 86.7 Å². The van der Waals surface area contributed by atoms with Crippen molar-refractivity contribution in [1.29, 1.82) is 0 Å². The second-order valence-corrected chi connectivity index (χ2v) is 4.10. The second-order valence-electron chi connectivity index (χ2n) is 3.00. The number of carbonyl (C=O) groups is 1. The number of hydrogen-bond donors (Lipinski definition) is 1. The molecule has 0 aromatic carbocycles. The number of aromatic nitrogens is 1. The molecule has 0 aliphatic heterocycles. The van der Waals surface area contributed by atoms with E-state index >= 15 is 0 Å². The average Bonchev–Trinajstić information content (AvgIpc) is 2.42. The van der Waals surface area contributed by atoms with Crippen molar-refractivity contribution >= 4 is 17.7 Å². The van der Waals surface area contributed by atoms with E-state index in [1.54, 1.807) is 11.8 Å². The fraction of sp³-hybridized carbons (Fsp3) is 0.556. The largest absolute Gasteiger partial charge is 0.481 e. The van der Waals surface area contributed by atoms with E-state index in [4.69, 9.17) is 9.63 Å². The van der Waals surface area contributed by atoms with Gasteiger partial charge in [-0.15, -0.1) is 0 Å². The lowest BCUT2D eigenvalue weighted by molar-refractivity contribution is -0.136. The Morgan fingerprint density at radius 3 is 2.79 bits per heavy atom. The summed E-state index contributed by atoms with van der Waals surface area (Å²) in [7, 11) is 0. The average molecular weight is 215 g/mol. The summed E-state index contributed by atoms with van der Waals surface area (Å²) in [5.74, 6) is 1.47. The summed E-state index contributed by atoms with van der Waals surface area (Å²) in [6.07, 6.45) is 0.202. The molecule has 4 nitrogen and oxygen atoms in total. The number of hydrogen-bond acceptors (Lipinski definition) is 4. The van der Waals surface area contributed by atoms with Crippen LogP contribution >= 0.6 is 11.8 Å². The quantitative estimate of drug-likeness (QED) is 0.761. The van der Waals surface area contributed by atoms with Crippen LogP contribution in [0.1, 0.15) is 23.4 Å². The summed E-state index contributed by atoms with van der Waals surface area (Å²) >= 11 is 1.59. The molecule has 14 heavy (non-hydrogen) atoms. The molecule has 0 saturated carbocycles. The van der Waals surface area contributed by atoms with Crippen molar-refractivity contribution in [2.24, 2.45) is 0 Å². The van der Waals surface area contributed by atoms with Crippen LogP contribution in [0.2, 0.25) is 0 Å². The molecule has 0 fully saturated rings. The van der Waals surface area contributed by atoms with Gasteiger partial charge in [0.2, 0.25) is 0 Å². The van der Waals surface area contributed by atoms with Crippen LogP contribution in [0.3, 0.4) is 0 Å². The minimum Gasteiger partial charge on any atom is -0.481 e. The summed E-state index contributed by atoms with van der Waals surface area (Å²) in [4.78, 5) is 10.3. The molecule has 0 amide bonds. The van der Waals surface area contributed by atoms with Crippen LogP contribution in [0.5, 0.6) is 0 Å². The molecular formula is C9H13NO3S. The monoisotopic (exact) mass is 215 g/mol. The molecule has 0 atom stereocenters. The maximum Gasteiger partial charge on any atom is 0.304 e. The third-order valence-corrected chi connectivity index (χ3v) is 2.87. The molecule has 0 aliphatic rings. The van der Waals surface area contributed by atoms with E-state index in [0.717, 1.165) is 22.8 Å². The Morgan fingerprint density at radius 1 is 1.57 bits per heavy atom. The van der Waals surface area contributed by atoms with Crippen LogP contribution in [0, 0.1) is 13.8 Å². The SMILES string of the molecule is Cc1noc(C)c1CSCCC(=O)O. The molecule has 1 aromatic rings. The Balaban J connectivity index is 2.34. The highest BCUT2D eigenvalue weighted by Gasteiger charge is 2.08. The van der Waals surface area contributed by atoms with Gasteiger partial charge in [-0.2, -0.15) is 11.8 Å². The molecule has 0 spiro atoms. The lowest BCUT2D eigenvalue weighted by Gasteiger charge is -1.98. The van der Waals surface area contributed by atoms with E-state index in [9.17, 15) is 4.79 Å². The van der Waals surface area contributed by atoms with Gasteiger partial charge in [-0.25, -0.2) is 0 Å². The molecule has 1 N–H and O–H groups in total. The summed E-state index contributed by atoms with van der Waals surface area (Å²) in [6, 6.07) is 0. The van der Waals surface area contributed by atoms with Gasteiger partial charge in [0.15, 0.2) is 0 Å². The van der Waals surface area contributed by atoms with Crippen LogP contribution in [0.25, 0.3) is 0 Å². The van der Waals surface area contributed by atoms with E-state index in [1.165, 1.54) is 0 Å². The number of carboxylic acid groups (broad SMARTS) is 1. The molecule has 1 rings (SSSR count). The van der Waals surface area contributed by atoms with Crippen LogP contribution in [0.4, 0.5) is 0 Å². The van der Waals surface area contributed by atoms with E-state index in [0.29, 0.717) is 5.75 Å². The Bertz CT molecular complexity index is 302. The second kappa shape index (κ2) is 5.05. The van der Waals surface area contributed by atoms with E-state index < -0.39 is 5.97 Å². The number of aliphatic carboxylic acids is 1. The Hall–Kier alpha value is -0.970. The first-order chi connectivity index (χ1) is 6.61. The highest BCUT2D eigenvalue weighted by Crippen LogP contribution is 2.19. The zero-order valence-electron chi connectivity index (χ0n) is 8.24. The van der Waals surface area contributed by atoms with Crippen molar-refractivity contribution in [3.05, 3.63) is 17.0 Å². The summed E-state index contributed by atoms with van der Waals surface area (Å²) in [5, 5.41) is 12.3. The van der Waals surface area contributed by atoms with Gasteiger partial charge in [0.25, 0.3) is 0 Å². The van der Waals surface area contributed by atoms with Gasteiger partial charge in [0, 0.05) is 17.1 Å². The van der Waals surface area contributed by atoms with E-state index in [1.807, 2.05) is 13.8 Å². The Kier molecular flexibility index (Phi) is 4.00. The Morgan fingerprint density at radius 2 is 2.29 bits per heavy atom. The van der Waals surface area contributed by atoms with Crippen molar-refractivity contribution in [3.63, 3.8) is 0 Å². The van der Waals surface area contributed by atoms with Crippen molar-refractivity contribution in [3.8, 4) is 0 Å². The molecule has 0 radical (unpaired) electrons. The number of aryl methyl sites for hydroxylation is 2. The number of carboxylic acids is 1. The van der Waals surface area contributed by atoms with Crippen LogP contribution in [-0.4, -0.2) is 22.0 Å². The van der Waals surface area contributed by atoms with Gasteiger partial charge in [-0.3, -0.25) is 4.79 Å². The predicted molar refractivity (Wildman–Crippen MR) is 54.4 cm³/mol. The van der Waals surface area contributed by atoms with Gasteiger partial charge in [-0.05, 0) is 13.8 Å². The normalized spacial score (nSPS) is 10.4. The molecule has 0 unspecified atom stereocenters. The first kappa shape index (κ1) is 11.1. The minimum atomic E-state index is -0.753. The third kappa shape index (κ3) is 3.06. The van der Waals surface area contributed by atoms with Gasteiger partial charge < -0.3 is 9.63 Å². The smallest absolute Gasteiger partial charge is 0.304 e. The zero-order chi connectivity index (χ0) is 10.6. The first-order valence-electron chi connectivity index (χ1n) is 4.32. The zero-order valence-corrected chi connectivity index (χ0v) is 9.06. The number of rotatable bonds is 5. The lowest BCUT2D eigenvalue weighted by atomic mass is 10.2. The first-order valence-corrected chi connectivity index (χ1v) is 5.48. The topological polar surface area (TPSA) is 63.3 Å². The molecule has 1 heterocycles. The van der Waals surface area contributed by atoms with E-state index in [2.05, 4.69) is 5.16 Å². The van der Waals surface area contributed by atoms with Crippen LogP contribution in [0.15, 0.2) is 4.52 Å². The van der Waals surface area contributed by atoms with E-state index in [-0.39, 0.29) is 6.42 Å². The molecule has 78 valence electrons. The molecule has 5 heteroatoms. The molecular weight excluding hydrogens is 202 g/mol. The van der Waals surface area contributed by atoms with Crippen molar-refractivity contribution in [1.82, 2.24) is 5.16 Å². The van der Waals surface area contributed by atoms with Gasteiger partial charge >= 0.3 is 5.97 Å². The maximum absolute atomic E-state index is 10.3. The van der Waals surface area contributed by atoms with Crippen molar-refractivity contribution in [2.45, 2.75) is 26.0 Å². The molecule has 0 saturated heterocycles. The van der Waals surface area contributed by atoms with Crippen LogP contribution in [-0.2, 0) is 10.5 Å². The summed E-state index contributed by atoms with van der Waals surface area (Å²) in [6.45, 7) is 3.76. The van der Waals surface area contributed by atoms with Crippen molar-refractivity contribution < 1.29 is 14.4 Å². The highest BCUT2D eigenvalue weighted by molar-refractivity contribution is 7.98. The minimum absolute atomic E-state index is 0.202. The molecule has 0 bridgehead atoms. The van der Waals surface area contributed by atoms with Crippen molar-refractivity contribution in [2.75, 3.05) is 5.75 Å².